The number of amides is 2. The van der Waals surface area contributed by atoms with Gasteiger partial charge in [-0.25, -0.2) is 4.39 Å². The van der Waals surface area contributed by atoms with Crippen LogP contribution >= 0.6 is 22.9 Å². The lowest BCUT2D eigenvalue weighted by atomic mass is 10.2. The van der Waals surface area contributed by atoms with Crippen LogP contribution in [0.2, 0.25) is 5.02 Å². The van der Waals surface area contributed by atoms with E-state index in [1.165, 1.54) is 24.3 Å². The molecule has 0 bridgehead atoms. The lowest BCUT2D eigenvalue weighted by Crippen LogP contribution is -2.23. The van der Waals surface area contributed by atoms with E-state index >= 15 is 0 Å². The summed E-state index contributed by atoms with van der Waals surface area (Å²) in [4.78, 5) is 24.2. The second kappa shape index (κ2) is 8.03. The highest BCUT2D eigenvalue weighted by Gasteiger charge is 2.15. The zero-order valence-corrected chi connectivity index (χ0v) is 14.8. The summed E-state index contributed by atoms with van der Waals surface area (Å²) in [6, 6.07) is 12.0. The van der Waals surface area contributed by atoms with Crippen LogP contribution < -0.4 is 10.6 Å². The van der Waals surface area contributed by atoms with E-state index in [4.69, 9.17) is 11.6 Å². The molecule has 132 valence electrons. The van der Waals surface area contributed by atoms with E-state index in [-0.39, 0.29) is 17.5 Å². The lowest BCUT2D eigenvalue weighted by Gasteiger charge is -2.04. The highest BCUT2D eigenvalue weighted by Crippen LogP contribution is 2.16. The van der Waals surface area contributed by atoms with E-state index in [1.807, 2.05) is 0 Å². The maximum atomic E-state index is 12.9. The van der Waals surface area contributed by atoms with Gasteiger partial charge in [0.1, 0.15) is 10.8 Å². The van der Waals surface area contributed by atoms with Crippen molar-refractivity contribution in [1.82, 2.24) is 15.5 Å². The summed E-state index contributed by atoms with van der Waals surface area (Å²) in [5.41, 5.74) is 0.799. The number of hydrogen-bond donors (Lipinski definition) is 2. The minimum atomic E-state index is -0.460. The summed E-state index contributed by atoms with van der Waals surface area (Å²) in [6.45, 7) is 0.117. The molecule has 0 saturated heterocycles. The average Bonchev–Trinajstić information content (AvgIpc) is 3.11. The molecule has 2 aromatic carbocycles. The fraction of sp³-hybridized carbons (Fsp3) is 0.0588. The van der Waals surface area contributed by atoms with Gasteiger partial charge in [0.15, 0.2) is 0 Å². The number of aromatic nitrogens is 2. The van der Waals surface area contributed by atoms with E-state index in [9.17, 15) is 14.0 Å². The molecule has 26 heavy (non-hydrogen) atoms. The largest absolute Gasteiger partial charge is 0.345 e. The van der Waals surface area contributed by atoms with E-state index in [2.05, 4.69) is 20.8 Å². The first-order valence-corrected chi connectivity index (χ1v) is 8.64. The van der Waals surface area contributed by atoms with Gasteiger partial charge in [0.05, 0.1) is 17.1 Å². The normalized spacial score (nSPS) is 10.4. The number of carbonyl (C=O) groups excluding carboxylic acids is 2. The molecule has 3 rings (SSSR count). The van der Waals surface area contributed by atoms with Gasteiger partial charge in [-0.15, -0.1) is 10.2 Å². The molecule has 1 aromatic heterocycles. The van der Waals surface area contributed by atoms with Crippen LogP contribution in [0, 0.1) is 5.82 Å². The Kier molecular flexibility index (Phi) is 5.55. The van der Waals surface area contributed by atoms with Gasteiger partial charge in [0.2, 0.25) is 5.01 Å². The van der Waals surface area contributed by atoms with Gasteiger partial charge in [-0.05, 0) is 36.4 Å². The molecule has 0 spiro atoms. The Morgan fingerprint density at radius 2 is 1.77 bits per heavy atom. The van der Waals surface area contributed by atoms with Crippen LogP contribution in [0.15, 0.2) is 48.5 Å². The number of rotatable bonds is 5. The quantitative estimate of drug-likeness (QED) is 0.698. The molecule has 0 fully saturated rings. The van der Waals surface area contributed by atoms with Gasteiger partial charge in [0.25, 0.3) is 11.8 Å². The highest BCUT2D eigenvalue weighted by atomic mass is 35.5. The van der Waals surface area contributed by atoms with Crippen molar-refractivity contribution < 1.29 is 14.0 Å². The number of benzene rings is 2. The Balaban J connectivity index is 1.59. The van der Waals surface area contributed by atoms with Crippen LogP contribution in [-0.2, 0) is 6.54 Å². The summed E-state index contributed by atoms with van der Waals surface area (Å²) in [5.74, 6) is -1.20. The van der Waals surface area contributed by atoms with E-state index < -0.39 is 11.7 Å². The van der Waals surface area contributed by atoms with Crippen LogP contribution in [0.5, 0.6) is 0 Å². The Labute approximate surface area is 157 Å². The van der Waals surface area contributed by atoms with Crippen molar-refractivity contribution in [2.75, 3.05) is 5.32 Å². The van der Waals surface area contributed by atoms with Crippen LogP contribution in [0.4, 0.5) is 10.1 Å². The minimum absolute atomic E-state index is 0.117. The van der Waals surface area contributed by atoms with Crippen LogP contribution in [-0.4, -0.2) is 22.0 Å². The monoisotopic (exact) mass is 390 g/mol. The molecular formula is C17H12ClFN4O2S. The molecule has 2 amide bonds. The predicted octanol–water partition coefficient (Wildman–Crippen LogP) is 3.51. The van der Waals surface area contributed by atoms with Gasteiger partial charge in [-0.2, -0.15) is 0 Å². The van der Waals surface area contributed by atoms with Crippen molar-refractivity contribution in [3.8, 4) is 0 Å². The van der Waals surface area contributed by atoms with Gasteiger partial charge in [-0.3, -0.25) is 9.59 Å². The third kappa shape index (κ3) is 4.41. The second-order valence-corrected chi connectivity index (χ2v) is 6.59. The smallest absolute Gasteiger partial charge is 0.286 e. The number of carbonyl (C=O) groups is 2. The van der Waals surface area contributed by atoms with Gasteiger partial charge < -0.3 is 10.6 Å². The van der Waals surface area contributed by atoms with Crippen molar-refractivity contribution in [2.45, 2.75) is 6.54 Å². The third-order valence-corrected chi connectivity index (χ3v) is 4.53. The molecule has 3 aromatic rings. The number of halogens is 2. The lowest BCUT2D eigenvalue weighted by molar-refractivity contribution is 0.0950. The summed E-state index contributed by atoms with van der Waals surface area (Å²) < 4.78 is 12.9. The van der Waals surface area contributed by atoms with Gasteiger partial charge in [0, 0.05) is 5.69 Å². The summed E-state index contributed by atoms with van der Waals surface area (Å²) in [5, 5.41) is 13.9. The summed E-state index contributed by atoms with van der Waals surface area (Å²) in [6.07, 6.45) is 0. The number of anilines is 1. The van der Waals surface area contributed by atoms with Gasteiger partial charge in [-0.1, -0.05) is 35.1 Å². The fourth-order valence-electron chi connectivity index (χ4n) is 2.03. The first kappa shape index (κ1) is 18.0. The molecule has 0 saturated carbocycles. The highest BCUT2D eigenvalue weighted by molar-refractivity contribution is 7.13. The maximum absolute atomic E-state index is 12.9. The zero-order chi connectivity index (χ0) is 18.5. The topological polar surface area (TPSA) is 84.0 Å². The Morgan fingerprint density at radius 3 is 2.50 bits per heavy atom. The Hall–Kier alpha value is -2.84. The molecule has 2 N–H and O–H groups in total. The number of nitrogens with one attached hydrogen (secondary N) is 2. The van der Waals surface area contributed by atoms with Crippen molar-refractivity contribution in [1.29, 1.82) is 0 Å². The molecule has 9 heteroatoms. The van der Waals surface area contributed by atoms with E-state index in [0.717, 1.165) is 11.3 Å². The molecule has 0 unspecified atom stereocenters. The fourth-order valence-corrected chi connectivity index (χ4v) is 2.93. The molecule has 0 atom stereocenters. The van der Waals surface area contributed by atoms with Crippen LogP contribution in [0.3, 0.4) is 0 Å². The number of nitrogens with zero attached hydrogens (tertiary/aromatic N) is 2. The summed E-state index contributed by atoms with van der Waals surface area (Å²) >= 11 is 7.02. The Morgan fingerprint density at radius 1 is 1.04 bits per heavy atom. The summed E-state index contributed by atoms with van der Waals surface area (Å²) in [7, 11) is 0. The van der Waals surface area contributed by atoms with Gasteiger partial charge >= 0.3 is 0 Å². The second-order valence-electron chi connectivity index (χ2n) is 5.12. The molecule has 0 radical (unpaired) electrons. The average molecular weight is 391 g/mol. The molecular weight excluding hydrogens is 379 g/mol. The van der Waals surface area contributed by atoms with Crippen LogP contribution in [0.1, 0.15) is 25.2 Å². The zero-order valence-electron chi connectivity index (χ0n) is 13.2. The molecule has 1 heterocycles. The molecule has 0 aliphatic carbocycles. The SMILES string of the molecule is O=C(Nc1ccc(F)cc1)c1nnc(CNC(=O)c2ccccc2Cl)s1. The van der Waals surface area contributed by atoms with Crippen molar-refractivity contribution >= 4 is 40.4 Å². The molecule has 0 aliphatic heterocycles. The van der Waals surface area contributed by atoms with Crippen molar-refractivity contribution in [2.24, 2.45) is 0 Å². The molecule has 0 aliphatic rings. The first-order valence-electron chi connectivity index (χ1n) is 7.45. The van der Waals surface area contributed by atoms with E-state index in [0.29, 0.717) is 21.3 Å². The van der Waals surface area contributed by atoms with Crippen molar-refractivity contribution in [3.63, 3.8) is 0 Å². The number of hydrogen-bond acceptors (Lipinski definition) is 5. The third-order valence-electron chi connectivity index (χ3n) is 3.28. The molecule has 6 nitrogen and oxygen atoms in total. The maximum Gasteiger partial charge on any atom is 0.286 e. The van der Waals surface area contributed by atoms with Crippen LogP contribution in [0.25, 0.3) is 0 Å². The van der Waals surface area contributed by atoms with Crippen molar-refractivity contribution in [3.05, 3.63) is 74.9 Å². The first-order chi connectivity index (χ1) is 12.5. The van der Waals surface area contributed by atoms with E-state index in [1.54, 1.807) is 24.3 Å². The standard InChI is InChI=1S/C17H12ClFN4O2S/c18-13-4-2-1-3-12(13)15(24)20-9-14-22-23-17(26-14)16(25)21-11-7-5-10(19)6-8-11/h1-8H,9H2,(H,20,24)(H,21,25). The minimum Gasteiger partial charge on any atom is -0.345 e. The predicted molar refractivity (Wildman–Crippen MR) is 96.9 cm³/mol. The Bertz CT molecular complexity index is 946.